The maximum absolute atomic E-state index is 13.2. The van der Waals surface area contributed by atoms with E-state index in [4.69, 9.17) is 0 Å². The molecule has 1 amide bonds. The molecule has 138 valence electrons. The van der Waals surface area contributed by atoms with Crippen molar-refractivity contribution in [3.63, 3.8) is 0 Å². The number of carbonyl (C=O) groups excluding carboxylic acids is 1. The molecule has 0 saturated carbocycles. The number of amides is 1. The van der Waals surface area contributed by atoms with Crippen molar-refractivity contribution in [1.82, 2.24) is 20.0 Å². The van der Waals surface area contributed by atoms with Gasteiger partial charge in [0.25, 0.3) is 5.91 Å². The summed E-state index contributed by atoms with van der Waals surface area (Å²) in [4.78, 5) is 12.2. The molecule has 0 aliphatic rings. The van der Waals surface area contributed by atoms with E-state index in [9.17, 15) is 9.18 Å². The molecule has 2 heterocycles. The zero-order valence-corrected chi connectivity index (χ0v) is 14.6. The number of carbonyl (C=O) groups is 1. The summed E-state index contributed by atoms with van der Waals surface area (Å²) in [6, 6.07) is 18.0. The summed E-state index contributed by atoms with van der Waals surface area (Å²) in [7, 11) is 0. The summed E-state index contributed by atoms with van der Waals surface area (Å²) in [5, 5.41) is 18.2. The minimum atomic E-state index is -0.452. The topological polar surface area (TPSA) is 84.7 Å². The molecule has 0 aliphatic heterocycles. The Kier molecular flexibility index (Phi) is 4.75. The van der Waals surface area contributed by atoms with Crippen LogP contribution in [0.2, 0.25) is 0 Å². The number of rotatable bonds is 5. The van der Waals surface area contributed by atoms with E-state index in [0.717, 1.165) is 5.69 Å². The van der Waals surface area contributed by atoms with Gasteiger partial charge in [0.15, 0.2) is 11.6 Å². The lowest BCUT2D eigenvalue weighted by molar-refractivity contribution is 0.102. The van der Waals surface area contributed by atoms with Gasteiger partial charge in [-0.25, -0.2) is 9.07 Å². The lowest BCUT2D eigenvalue weighted by Gasteiger charge is -2.08. The van der Waals surface area contributed by atoms with Crippen molar-refractivity contribution in [2.45, 2.75) is 0 Å². The zero-order chi connectivity index (χ0) is 19.3. The Morgan fingerprint density at radius 3 is 2.43 bits per heavy atom. The molecule has 0 bridgehead atoms. The van der Waals surface area contributed by atoms with Crippen molar-refractivity contribution >= 4 is 23.1 Å². The second kappa shape index (κ2) is 7.67. The number of anilines is 3. The highest BCUT2D eigenvalue weighted by Crippen LogP contribution is 2.18. The predicted molar refractivity (Wildman–Crippen MR) is 103 cm³/mol. The Morgan fingerprint density at radius 1 is 0.929 bits per heavy atom. The Labute approximate surface area is 159 Å². The molecule has 0 radical (unpaired) electrons. The average Bonchev–Trinajstić information content (AvgIpc) is 3.25. The van der Waals surface area contributed by atoms with Crippen LogP contribution in [0.15, 0.2) is 79.1 Å². The number of hydrogen-bond donors (Lipinski definition) is 2. The van der Waals surface area contributed by atoms with Crippen molar-refractivity contribution in [2.75, 3.05) is 10.6 Å². The monoisotopic (exact) mass is 374 g/mol. The smallest absolute Gasteiger partial charge is 0.255 e. The average molecular weight is 374 g/mol. The third-order valence-electron chi connectivity index (χ3n) is 3.89. The van der Waals surface area contributed by atoms with E-state index in [0.29, 0.717) is 17.3 Å². The first-order chi connectivity index (χ1) is 13.7. The van der Waals surface area contributed by atoms with Gasteiger partial charge in [0, 0.05) is 29.3 Å². The molecule has 0 spiro atoms. The maximum Gasteiger partial charge on any atom is 0.255 e. The number of nitrogens with one attached hydrogen (secondary N) is 2. The van der Waals surface area contributed by atoms with Gasteiger partial charge in [-0.15, -0.1) is 10.2 Å². The summed E-state index contributed by atoms with van der Waals surface area (Å²) in [6.07, 6.45) is 3.45. The van der Waals surface area contributed by atoms with Gasteiger partial charge in [0.2, 0.25) is 0 Å². The molecule has 4 rings (SSSR count). The number of nitrogens with zero attached hydrogens (tertiary/aromatic N) is 4. The van der Waals surface area contributed by atoms with Crippen LogP contribution in [-0.4, -0.2) is 25.9 Å². The molecule has 4 aromatic rings. The number of benzene rings is 2. The van der Waals surface area contributed by atoms with E-state index >= 15 is 0 Å². The quantitative estimate of drug-likeness (QED) is 0.555. The van der Waals surface area contributed by atoms with Crippen LogP contribution in [0.5, 0.6) is 0 Å². The van der Waals surface area contributed by atoms with Gasteiger partial charge in [0.1, 0.15) is 5.82 Å². The lowest BCUT2D eigenvalue weighted by Crippen LogP contribution is -2.11. The summed E-state index contributed by atoms with van der Waals surface area (Å²) in [6.45, 7) is 0. The van der Waals surface area contributed by atoms with Gasteiger partial charge in [-0.2, -0.15) is 5.10 Å². The normalized spacial score (nSPS) is 10.5. The van der Waals surface area contributed by atoms with Crippen molar-refractivity contribution in [3.05, 3.63) is 90.5 Å². The fourth-order valence-corrected chi connectivity index (χ4v) is 2.54. The van der Waals surface area contributed by atoms with Crippen LogP contribution in [0.1, 0.15) is 10.4 Å². The summed E-state index contributed by atoms with van der Waals surface area (Å²) in [5.74, 6) is 0.366. The predicted octanol–water partition coefficient (Wildman–Crippen LogP) is 3.80. The van der Waals surface area contributed by atoms with Gasteiger partial charge in [-0.3, -0.25) is 4.79 Å². The minimum absolute atomic E-state index is 0.259. The molecule has 7 nitrogen and oxygen atoms in total. The molecule has 2 aromatic heterocycles. The molecular formula is C20H15FN6O. The highest BCUT2D eigenvalue weighted by Gasteiger charge is 2.07. The molecule has 8 heteroatoms. The second-order valence-corrected chi connectivity index (χ2v) is 5.89. The lowest BCUT2D eigenvalue weighted by atomic mass is 10.2. The first kappa shape index (κ1) is 17.3. The van der Waals surface area contributed by atoms with Crippen LogP contribution in [0, 0.1) is 5.82 Å². The summed E-state index contributed by atoms with van der Waals surface area (Å²) in [5.41, 5.74) is 1.64. The van der Waals surface area contributed by atoms with E-state index in [1.807, 2.05) is 6.07 Å². The first-order valence-electron chi connectivity index (χ1n) is 8.45. The molecular weight excluding hydrogens is 359 g/mol. The maximum atomic E-state index is 13.2. The molecule has 0 aliphatic carbocycles. The van der Waals surface area contributed by atoms with Gasteiger partial charge in [-0.1, -0.05) is 6.07 Å². The Hall–Kier alpha value is -4.07. The largest absolute Gasteiger partial charge is 0.339 e. The van der Waals surface area contributed by atoms with E-state index in [2.05, 4.69) is 25.9 Å². The van der Waals surface area contributed by atoms with Crippen LogP contribution in [0.4, 0.5) is 21.6 Å². The SMILES string of the molecule is O=C(Nc1ccc(Nc2ccc(-n3cccn3)nn2)cc1)c1cccc(F)c1. The van der Waals surface area contributed by atoms with Gasteiger partial charge in [-0.05, 0) is 60.7 Å². The fraction of sp³-hybridized carbons (Fsp3) is 0. The van der Waals surface area contributed by atoms with E-state index in [1.54, 1.807) is 59.5 Å². The number of halogens is 1. The van der Waals surface area contributed by atoms with Crippen LogP contribution in [0.3, 0.4) is 0 Å². The number of hydrogen-bond acceptors (Lipinski definition) is 5. The van der Waals surface area contributed by atoms with E-state index in [-0.39, 0.29) is 11.5 Å². The first-order valence-corrected chi connectivity index (χ1v) is 8.45. The third-order valence-corrected chi connectivity index (χ3v) is 3.89. The highest BCUT2D eigenvalue weighted by molar-refractivity contribution is 6.04. The van der Waals surface area contributed by atoms with Crippen molar-refractivity contribution in [2.24, 2.45) is 0 Å². The van der Waals surface area contributed by atoms with E-state index < -0.39 is 5.82 Å². The zero-order valence-electron chi connectivity index (χ0n) is 14.6. The van der Waals surface area contributed by atoms with Gasteiger partial charge in [0.05, 0.1) is 0 Å². The molecule has 2 N–H and O–H groups in total. The molecule has 0 saturated heterocycles. The minimum Gasteiger partial charge on any atom is -0.339 e. The molecule has 0 atom stereocenters. The van der Waals surface area contributed by atoms with Crippen LogP contribution in [-0.2, 0) is 0 Å². The standard InChI is InChI=1S/C20H15FN6O/c21-15-4-1-3-14(13-15)20(28)24-17-7-5-16(6-8-17)23-18-9-10-19(26-25-18)27-12-2-11-22-27/h1-13H,(H,23,25)(H,24,28). The third kappa shape index (κ3) is 4.01. The van der Waals surface area contributed by atoms with E-state index in [1.165, 1.54) is 18.2 Å². The summed E-state index contributed by atoms with van der Waals surface area (Å²) >= 11 is 0. The van der Waals surface area contributed by atoms with Crippen molar-refractivity contribution in [3.8, 4) is 5.82 Å². The second-order valence-electron chi connectivity index (χ2n) is 5.89. The highest BCUT2D eigenvalue weighted by atomic mass is 19.1. The van der Waals surface area contributed by atoms with Crippen molar-refractivity contribution in [1.29, 1.82) is 0 Å². The van der Waals surface area contributed by atoms with Crippen LogP contribution < -0.4 is 10.6 Å². The number of aromatic nitrogens is 4. The van der Waals surface area contributed by atoms with Gasteiger partial charge < -0.3 is 10.6 Å². The van der Waals surface area contributed by atoms with Crippen LogP contribution >= 0.6 is 0 Å². The van der Waals surface area contributed by atoms with Gasteiger partial charge >= 0.3 is 0 Å². The Morgan fingerprint density at radius 2 is 1.75 bits per heavy atom. The molecule has 0 unspecified atom stereocenters. The molecule has 2 aromatic carbocycles. The fourth-order valence-electron chi connectivity index (χ4n) is 2.54. The Balaban J connectivity index is 1.40. The van der Waals surface area contributed by atoms with Crippen molar-refractivity contribution < 1.29 is 9.18 Å². The summed E-state index contributed by atoms with van der Waals surface area (Å²) < 4.78 is 14.8. The molecule has 28 heavy (non-hydrogen) atoms. The molecule has 0 fully saturated rings. The Bertz CT molecular complexity index is 1080. The van der Waals surface area contributed by atoms with Crippen LogP contribution in [0.25, 0.3) is 5.82 Å².